The maximum atomic E-state index is 13.1. The smallest absolute Gasteiger partial charge is 0.326 e. The van der Waals surface area contributed by atoms with E-state index in [-0.39, 0.29) is 31.9 Å². The molecule has 1 atom stereocenters. The molecular weight excluding hydrogens is 715 g/mol. The molecule has 0 bridgehead atoms. The van der Waals surface area contributed by atoms with Crippen LogP contribution in [0.5, 0.6) is 5.75 Å². The number of nitrogens with zero attached hydrogens (tertiary/aromatic N) is 1. The monoisotopic (exact) mass is 735 g/mol. The number of carboxylic acids is 1. The fourth-order valence-corrected chi connectivity index (χ4v) is 6.83. The van der Waals surface area contributed by atoms with E-state index in [9.17, 15) is 14.7 Å². The number of aliphatic carboxylic acids is 1. The third kappa shape index (κ3) is 6.23. The van der Waals surface area contributed by atoms with E-state index >= 15 is 0 Å². The molecule has 1 aliphatic heterocycles. The minimum Gasteiger partial charge on any atom is -0.487 e. The lowest BCUT2D eigenvalue weighted by Gasteiger charge is -2.35. The van der Waals surface area contributed by atoms with Crippen molar-refractivity contribution in [3.63, 3.8) is 0 Å². The molecule has 9 heteroatoms. The molecule has 5 nitrogen and oxygen atoms in total. The van der Waals surface area contributed by atoms with Gasteiger partial charge in [-0.15, -0.1) is 0 Å². The number of amides is 1. The third-order valence-corrected chi connectivity index (χ3v) is 8.48. The van der Waals surface area contributed by atoms with Crippen molar-refractivity contribution < 1.29 is 19.4 Å². The Morgan fingerprint density at radius 2 is 1.83 bits per heavy atom. The zero-order valence-corrected chi connectivity index (χ0v) is 24.3. The maximum absolute atomic E-state index is 13.1. The van der Waals surface area contributed by atoms with Crippen molar-refractivity contribution in [2.24, 2.45) is 0 Å². The number of fused-ring (bicyclic) bond motifs is 1. The number of hydrogen-bond acceptors (Lipinski definition) is 3. The lowest BCUT2D eigenvalue weighted by Crippen LogP contribution is -2.49. The van der Waals surface area contributed by atoms with Crippen molar-refractivity contribution in [1.82, 2.24) is 4.90 Å². The van der Waals surface area contributed by atoms with Gasteiger partial charge >= 0.3 is 5.97 Å². The fraction of sp³-hybridized carbons (Fsp3) is 0.231. The molecule has 1 aliphatic rings. The fourth-order valence-electron chi connectivity index (χ4n) is 4.08. The molecule has 0 fully saturated rings. The predicted octanol–water partition coefficient (Wildman–Crippen LogP) is 6.75. The molecule has 0 aromatic heterocycles. The number of halogens is 4. The Hall–Kier alpha value is -1.56. The first-order chi connectivity index (χ1) is 16.7. The highest BCUT2D eigenvalue weighted by molar-refractivity contribution is 14.1. The van der Waals surface area contributed by atoms with Crippen LogP contribution >= 0.6 is 68.4 Å². The van der Waals surface area contributed by atoms with Crippen LogP contribution in [0.2, 0.25) is 10.0 Å². The van der Waals surface area contributed by atoms with E-state index in [0.29, 0.717) is 22.2 Å². The number of carboxylic acid groups (broad SMARTS) is 1. The average molecular weight is 736 g/mol. The topological polar surface area (TPSA) is 66.8 Å². The summed E-state index contributed by atoms with van der Waals surface area (Å²) in [6.45, 7) is 0.492. The summed E-state index contributed by atoms with van der Waals surface area (Å²) in [5.74, 6) is -0.468. The highest BCUT2D eigenvalue weighted by atomic mass is 127. The Bertz CT molecular complexity index is 1270. The SMILES string of the molecule is O=C(O)[C@@H]1Cc2cc(I)c(OCc3ccc(Cl)cc3Cl)c(I)c2CN1C(=O)CCc1ccccc1. The minimum atomic E-state index is -0.994. The number of benzene rings is 3. The highest BCUT2D eigenvalue weighted by Gasteiger charge is 2.36. The van der Waals surface area contributed by atoms with E-state index < -0.39 is 12.0 Å². The second-order valence-electron chi connectivity index (χ2n) is 8.23. The Morgan fingerprint density at radius 3 is 2.51 bits per heavy atom. The van der Waals surface area contributed by atoms with Crippen molar-refractivity contribution in [1.29, 1.82) is 0 Å². The summed E-state index contributed by atoms with van der Waals surface area (Å²) in [5.41, 5.74) is 3.71. The second-order valence-corrected chi connectivity index (χ2v) is 11.3. The molecule has 0 radical (unpaired) electrons. The van der Waals surface area contributed by atoms with Gasteiger partial charge in [0.25, 0.3) is 0 Å². The van der Waals surface area contributed by atoms with E-state index in [4.69, 9.17) is 27.9 Å². The average Bonchev–Trinajstić information content (AvgIpc) is 2.83. The van der Waals surface area contributed by atoms with Gasteiger partial charge in [-0.3, -0.25) is 4.79 Å². The molecule has 0 unspecified atom stereocenters. The number of rotatable bonds is 7. The van der Waals surface area contributed by atoms with E-state index in [1.54, 1.807) is 12.1 Å². The summed E-state index contributed by atoms with van der Waals surface area (Å²) in [6, 6.07) is 16.1. The van der Waals surface area contributed by atoms with Crippen LogP contribution in [-0.2, 0) is 35.6 Å². The van der Waals surface area contributed by atoms with Crippen LogP contribution in [0.3, 0.4) is 0 Å². The molecule has 1 heterocycles. The lowest BCUT2D eigenvalue weighted by atomic mass is 9.93. The van der Waals surface area contributed by atoms with Gasteiger partial charge in [-0.25, -0.2) is 4.79 Å². The van der Waals surface area contributed by atoms with Crippen LogP contribution in [0.25, 0.3) is 0 Å². The summed E-state index contributed by atoms with van der Waals surface area (Å²) in [7, 11) is 0. The standard InChI is InChI=1S/C26H21Cl2I2NO4/c27-18-8-7-16(20(28)12-18)14-35-25-21(29)10-17-11-22(26(33)34)31(13-19(17)24(25)30)23(32)9-6-15-4-2-1-3-5-15/h1-5,7-8,10,12,22H,6,9,11,13-14H2,(H,33,34)/t22-/m0/s1. The third-order valence-electron chi connectivity index (χ3n) is 5.95. The van der Waals surface area contributed by atoms with Gasteiger partial charge in [0.15, 0.2) is 0 Å². The number of hydrogen-bond donors (Lipinski definition) is 1. The van der Waals surface area contributed by atoms with Gasteiger partial charge < -0.3 is 14.7 Å². The first-order valence-corrected chi connectivity index (χ1v) is 13.8. The quantitative estimate of drug-likeness (QED) is 0.273. The summed E-state index contributed by atoms with van der Waals surface area (Å²) < 4.78 is 7.91. The molecule has 1 amide bonds. The second kappa shape index (κ2) is 11.7. The molecule has 0 aliphatic carbocycles. The Balaban J connectivity index is 1.57. The largest absolute Gasteiger partial charge is 0.487 e. The van der Waals surface area contributed by atoms with Crippen LogP contribution in [0, 0.1) is 7.14 Å². The van der Waals surface area contributed by atoms with Crippen LogP contribution in [0.4, 0.5) is 0 Å². The van der Waals surface area contributed by atoms with Crippen LogP contribution in [0.15, 0.2) is 54.6 Å². The number of aryl methyl sites for hydroxylation is 1. The van der Waals surface area contributed by atoms with E-state index in [2.05, 4.69) is 45.2 Å². The highest BCUT2D eigenvalue weighted by Crippen LogP contribution is 2.38. The van der Waals surface area contributed by atoms with Gasteiger partial charge in [0, 0.05) is 35.0 Å². The first-order valence-electron chi connectivity index (χ1n) is 10.9. The van der Waals surface area contributed by atoms with Crippen LogP contribution in [0.1, 0.15) is 28.7 Å². The van der Waals surface area contributed by atoms with E-state index in [1.165, 1.54) is 4.90 Å². The van der Waals surface area contributed by atoms with Crippen molar-refractivity contribution in [3.05, 3.63) is 94.0 Å². The van der Waals surface area contributed by atoms with Gasteiger partial charge in [0.2, 0.25) is 5.91 Å². The summed E-state index contributed by atoms with van der Waals surface area (Å²) in [6.07, 6.45) is 1.08. The molecule has 35 heavy (non-hydrogen) atoms. The predicted molar refractivity (Wildman–Crippen MR) is 153 cm³/mol. The van der Waals surface area contributed by atoms with Crippen molar-refractivity contribution in [3.8, 4) is 5.75 Å². The van der Waals surface area contributed by atoms with Gasteiger partial charge in [-0.2, -0.15) is 0 Å². The molecule has 0 spiro atoms. The Morgan fingerprint density at radius 1 is 1.09 bits per heavy atom. The minimum absolute atomic E-state index is 0.170. The Labute approximate surface area is 241 Å². The summed E-state index contributed by atoms with van der Waals surface area (Å²) in [5, 5.41) is 11.0. The number of carbonyl (C=O) groups is 2. The molecule has 3 aromatic carbocycles. The van der Waals surface area contributed by atoms with Crippen molar-refractivity contribution in [2.45, 2.75) is 38.5 Å². The summed E-state index contributed by atoms with van der Waals surface area (Å²) in [4.78, 5) is 26.7. The van der Waals surface area contributed by atoms with Gasteiger partial charge in [0.1, 0.15) is 18.4 Å². The zero-order chi connectivity index (χ0) is 25.1. The molecule has 0 saturated carbocycles. The molecule has 1 N–H and O–H groups in total. The zero-order valence-electron chi connectivity index (χ0n) is 18.4. The number of carbonyl (C=O) groups excluding carboxylic acids is 1. The molecule has 182 valence electrons. The first kappa shape index (κ1) is 26.5. The van der Waals surface area contributed by atoms with Gasteiger partial charge in [-0.05, 0) is 86.5 Å². The molecule has 0 saturated heterocycles. The normalized spacial score (nSPS) is 15.0. The van der Waals surface area contributed by atoms with Crippen molar-refractivity contribution >= 4 is 80.3 Å². The van der Waals surface area contributed by atoms with E-state index in [0.717, 1.165) is 29.4 Å². The van der Waals surface area contributed by atoms with Gasteiger partial charge in [-0.1, -0.05) is 59.6 Å². The Kier molecular flexibility index (Phi) is 8.83. The van der Waals surface area contributed by atoms with Crippen molar-refractivity contribution in [2.75, 3.05) is 0 Å². The van der Waals surface area contributed by atoms with Gasteiger partial charge in [0.05, 0.1) is 7.14 Å². The lowest BCUT2D eigenvalue weighted by molar-refractivity contribution is -0.151. The molecule has 4 rings (SSSR count). The molecule has 3 aromatic rings. The van der Waals surface area contributed by atoms with E-state index in [1.807, 2.05) is 42.5 Å². The number of ether oxygens (including phenoxy) is 1. The maximum Gasteiger partial charge on any atom is 0.326 e. The summed E-state index contributed by atoms with van der Waals surface area (Å²) >= 11 is 16.7. The van der Waals surface area contributed by atoms with Crippen LogP contribution in [-0.4, -0.2) is 27.9 Å². The molecular formula is C26H21Cl2I2NO4. The van der Waals surface area contributed by atoms with Crippen LogP contribution < -0.4 is 4.74 Å².